The molecule has 4 nitrogen and oxygen atoms in total. The second-order valence-corrected chi connectivity index (χ2v) is 6.15. The molecule has 22 heavy (non-hydrogen) atoms. The lowest BCUT2D eigenvalue weighted by Gasteiger charge is -2.09. The van der Waals surface area contributed by atoms with Gasteiger partial charge in [0.15, 0.2) is 5.16 Å². The Kier molecular flexibility index (Phi) is 4.01. The molecule has 0 spiro atoms. The molecule has 2 aromatic carbocycles. The maximum atomic E-state index is 12.1. The van der Waals surface area contributed by atoms with E-state index in [1.54, 1.807) is 0 Å². The fourth-order valence-electron chi connectivity index (χ4n) is 2.26. The number of aromatic amines is 1. The Balaban J connectivity index is 2.37. The summed E-state index contributed by atoms with van der Waals surface area (Å²) in [6.45, 7) is 0. The van der Waals surface area contributed by atoms with Crippen molar-refractivity contribution in [2.75, 3.05) is 6.26 Å². The molecule has 0 saturated heterocycles. The van der Waals surface area contributed by atoms with E-state index in [2.05, 4.69) is 25.9 Å². The monoisotopic (exact) mass is 371 g/mol. The van der Waals surface area contributed by atoms with Crippen LogP contribution < -0.4 is 5.56 Å². The highest BCUT2D eigenvalue weighted by molar-refractivity contribution is 9.10. The number of fused-ring (bicyclic) bond motifs is 1. The average Bonchev–Trinajstić information content (AvgIpc) is 2.54. The molecule has 3 rings (SSSR count). The first-order valence-corrected chi connectivity index (χ1v) is 8.43. The van der Waals surface area contributed by atoms with Crippen LogP contribution in [0.5, 0.6) is 0 Å². The highest BCUT2D eigenvalue weighted by atomic mass is 79.9. The minimum atomic E-state index is -0.420. The maximum absolute atomic E-state index is 12.1. The summed E-state index contributed by atoms with van der Waals surface area (Å²) in [5.74, 6) is 0. The first-order chi connectivity index (χ1) is 10.7. The molecule has 0 aliphatic carbocycles. The van der Waals surface area contributed by atoms with Gasteiger partial charge in [-0.15, -0.1) is 0 Å². The number of halogens is 1. The van der Waals surface area contributed by atoms with Gasteiger partial charge in [0.25, 0.3) is 5.56 Å². The zero-order valence-corrected chi connectivity index (χ0v) is 14.0. The van der Waals surface area contributed by atoms with E-state index >= 15 is 0 Å². The summed E-state index contributed by atoms with van der Waals surface area (Å²) in [6.07, 6.45) is 1.82. The van der Waals surface area contributed by atoms with Crippen LogP contribution in [0.4, 0.5) is 0 Å². The summed E-state index contributed by atoms with van der Waals surface area (Å²) in [5.41, 5.74) is 0.732. The Bertz CT molecular complexity index is 975. The predicted octanol–water partition coefficient (Wildman–Crippen LogP) is 3.95. The van der Waals surface area contributed by atoms with Crippen LogP contribution in [-0.2, 0) is 0 Å². The molecule has 0 radical (unpaired) electrons. The molecule has 1 N–H and O–H groups in total. The lowest BCUT2D eigenvalue weighted by atomic mass is 10.0. The van der Waals surface area contributed by atoms with Gasteiger partial charge >= 0.3 is 0 Å². The van der Waals surface area contributed by atoms with E-state index in [1.807, 2.05) is 48.7 Å². The highest BCUT2D eigenvalue weighted by Gasteiger charge is 2.16. The number of nitriles is 1. The number of nitrogens with one attached hydrogen (secondary N) is 1. The molecule has 0 fully saturated rings. The van der Waals surface area contributed by atoms with Crippen LogP contribution in [0.2, 0.25) is 0 Å². The van der Waals surface area contributed by atoms with Gasteiger partial charge in [-0.05, 0) is 33.0 Å². The first kappa shape index (κ1) is 14.8. The lowest BCUT2D eigenvalue weighted by Crippen LogP contribution is -2.14. The van der Waals surface area contributed by atoms with Crippen LogP contribution in [0, 0.1) is 11.3 Å². The number of hydrogen-bond acceptors (Lipinski definition) is 4. The van der Waals surface area contributed by atoms with Crippen LogP contribution in [-0.4, -0.2) is 16.2 Å². The van der Waals surface area contributed by atoms with Crippen molar-refractivity contribution < 1.29 is 0 Å². The van der Waals surface area contributed by atoms with Crippen molar-refractivity contribution in [2.24, 2.45) is 0 Å². The Morgan fingerprint density at radius 2 is 2.05 bits per heavy atom. The molecular weight excluding hydrogens is 362 g/mol. The van der Waals surface area contributed by atoms with E-state index in [0.29, 0.717) is 10.9 Å². The van der Waals surface area contributed by atoms with Gasteiger partial charge in [-0.25, -0.2) is 4.98 Å². The van der Waals surface area contributed by atoms with Gasteiger partial charge < -0.3 is 4.98 Å². The van der Waals surface area contributed by atoms with Crippen molar-refractivity contribution in [3.8, 4) is 17.3 Å². The largest absolute Gasteiger partial charge is 0.300 e. The van der Waals surface area contributed by atoms with E-state index in [1.165, 1.54) is 11.8 Å². The van der Waals surface area contributed by atoms with Gasteiger partial charge in [-0.3, -0.25) is 4.79 Å². The summed E-state index contributed by atoms with van der Waals surface area (Å²) in [4.78, 5) is 19.1. The molecule has 0 bridgehead atoms. The third kappa shape index (κ3) is 2.43. The second kappa shape index (κ2) is 5.95. The van der Waals surface area contributed by atoms with Crippen LogP contribution in [0.1, 0.15) is 5.56 Å². The van der Waals surface area contributed by atoms with Crippen LogP contribution >= 0.6 is 27.7 Å². The van der Waals surface area contributed by atoms with Crippen molar-refractivity contribution in [3.05, 3.63) is 56.8 Å². The normalized spacial score (nSPS) is 10.6. The van der Waals surface area contributed by atoms with Crippen molar-refractivity contribution in [1.82, 2.24) is 9.97 Å². The minimum Gasteiger partial charge on any atom is -0.300 e. The van der Waals surface area contributed by atoms with Crippen LogP contribution in [0.25, 0.3) is 22.0 Å². The van der Waals surface area contributed by atoms with Crippen molar-refractivity contribution in [2.45, 2.75) is 5.16 Å². The summed E-state index contributed by atoms with van der Waals surface area (Å²) >= 11 is 4.91. The highest BCUT2D eigenvalue weighted by Crippen LogP contribution is 2.34. The number of hydrogen-bond donors (Lipinski definition) is 1. The number of nitrogens with zero attached hydrogens (tertiary/aromatic N) is 2. The smallest absolute Gasteiger partial charge is 0.270 e. The molecule has 0 amide bonds. The molecule has 108 valence electrons. The van der Waals surface area contributed by atoms with Crippen molar-refractivity contribution in [1.29, 1.82) is 5.26 Å². The first-order valence-electron chi connectivity index (χ1n) is 6.41. The Labute approximate surface area is 139 Å². The van der Waals surface area contributed by atoms with Crippen molar-refractivity contribution in [3.63, 3.8) is 0 Å². The molecule has 6 heteroatoms. The molecule has 1 heterocycles. The van der Waals surface area contributed by atoms with Crippen molar-refractivity contribution >= 4 is 38.5 Å². The number of benzene rings is 2. The second-order valence-electron chi connectivity index (χ2n) is 4.56. The van der Waals surface area contributed by atoms with Crippen LogP contribution in [0.3, 0.4) is 0 Å². The summed E-state index contributed by atoms with van der Waals surface area (Å²) < 4.78 is 0.826. The molecule has 0 unspecified atom stereocenters. The standard InChI is InChI=1S/C16H10BrN3OS/c1-22-16-19-14(12(8-18)15(21)20-16)11-7-6-9-4-2-3-5-10(9)13(11)17/h2-7H,1H3,(H,19,20,21). The van der Waals surface area contributed by atoms with E-state index in [4.69, 9.17) is 0 Å². The summed E-state index contributed by atoms with van der Waals surface area (Å²) in [5, 5.41) is 11.9. The minimum absolute atomic E-state index is 0.0220. The van der Waals surface area contributed by atoms with E-state index in [0.717, 1.165) is 20.8 Å². The molecule has 0 aliphatic rings. The molecule has 3 aromatic rings. The number of H-pyrrole nitrogens is 1. The molecular formula is C16H10BrN3OS. The summed E-state index contributed by atoms with van der Waals surface area (Å²) in [6, 6.07) is 13.7. The van der Waals surface area contributed by atoms with Gasteiger partial charge in [-0.1, -0.05) is 48.2 Å². The zero-order valence-electron chi connectivity index (χ0n) is 11.6. The number of rotatable bonds is 2. The number of aromatic nitrogens is 2. The summed E-state index contributed by atoms with van der Waals surface area (Å²) in [7, 11) is 0. The Morgan fingerprint density at radius 3 is 2.77 bits per heavy atom. The fourth-order valence-corrected chi connectivity index (χ4v) is 3.32. The molecule has 0 aliphatic heterocycles. The van der Waals surface area contributed by atoms with Crippen LogP contribution in [0.15, 0.2) is 50.8 Å². The number of thioether (sulfide) groups is 1. The third-order valence-corrected chi connectivity index (χ3v) is 4.76. The van der Waals surface area contributed by atoms with Gasteiger partial charge in [0.1, 0.15) is 11.6 Å². The van der Waals surface area contributed by atoms with E-state index in [9.17, 15) is 10.1 Å². The van der Waals surface area contributed by atoms with E-state index in [-0.39, 0.29) is 5.56 Å². The zero-order chi connectivity index (χ0) is 15.7. The average molecular weight is 372 g/mol. The van der Waals surface area contributed by atoms with Gasteiger partial charge in [0, 0.05) is 10.0 Å². The molecule has 1 aromatic heterocycles. The SMILES string of the molecule is CSc1nc(-c2ccc3ccccc3c2Br)c(C#N)c(=O)[nH]1. The molecule has 0 saturated carbocycles. The van der Waals surface area contributed by atoms with Gasteiger partial charge in [-0.2, -0.15) is 5.26 Å². The van der Waals surface area contributed by atoms with Gasteiger partial charge in [0.05, 0.1) is 5.69 Å². The Morgan fingerprint density at radius 1 is 1.27 bits per heavy atom. The predicted molar refractivity (Wildman–Crippen MR) is 92.0 cm³/mol. The Hall–Kier alpha value is -2.10. The fraction of sp³-hybridized carbons (Fsp3) is 0.0625. The van der Waals surface area contributed by atoms with Gasteiger partial charge in [0.2, 0.25) is 0 Å². The van der Waals surface area contributed by atoms with E-state index < -0.39 is 5.56 Å². The maximum Gasteiger partial charge on any atom is 0.270 e. The quantitative estimate of drug-likeness (QED) is 0.546. The lowest BCUT2D eigenvalue weighted by molar-refractivity contribution is 0.937. The third-order valence-electron chi connectivity index (χ3n) is 3.32. The molecule has 0 atom stereocenters. The topological polar surface area (TPSA) is 69.5 Å².